The van der Waals surface area contributed by atoms with Crippen LogP contribution >= 0.6 is 0 Å². The van der Waals surface area contributed by atoms with Crippen molar-refractivity contribution in [1.29, 1.82) is 0 Å². The Morgan fingerprint density at radius 3 is 2.69 bits per heavy atom. The minimum absolute atomic E-state index is 0.0888. The topological polar surface area (TPSA) is 71.3 Å². The van der Waals surface area contributed by atoms with Crippen molar-refractivity contribution in [2.45, 2.75) is 6.54 Å². The molecule has 2 aliphatic rings. The number of anilines is 1. The second-order valence-corrected chi connectivity index (χ2v) is 7.25. The van der Waals surface area contributed by atoms with Gasteiger partial charge in [0.1, 0.15) is 18.9 Å². The molecule has 0 saturated carbocycles. The third kappa shape index (κ3) is 3.84. The Morgan fingerprint density at radius 2 is 1.86 bits per heavy atom. The van der Waals surface area contributed by atoms with Crippen LogP contribution in [-0.2, 0) is 6.54 Å². The van der Waals surface area contributed by atoms with Crippen molar-refractivity contribution < 1.29 is 14.3 Å². The molecule has 0 aliphatic carbocycles. The van der Waals surface area contributed by atoms with Gasteiger partial charge in [0.25, 0.3) is 0 Å². The number of rotatable bonds is 3. The average molecular weight is 393 g/mol. The lowest BCUT2D eigenvalue weighted by Crippen LogP contribution is -2.49. The molecule has 150 valence electrons. The van der Waals surface area contributed by atoms with Crippen molar-refractivity contribution in [3.8, 4) is 11.5 Å². The number of nitrogens with one attached hydrogen (secondary N) is 1. The van der Waals surface area contributed by atoms with E-state index in [0.29, 0.717) is 37.7 Å². The van der Waals surface area contributed by atoms with Crippen molar-refractivity contribution in [1.82, 2.24) is 19.2 Å². The van der Waals surface area contributed by atoms with E-state index in [1.54, 1.807) is 0 Å². The van der Waals surface area contributed by atoms with E-state index in [0.717, 1.165) is 36.7 Å². The van der Waals surface area contributed by atoms with Gasteiger partial charge < -0.3 is 24.1 Å². The van der Waals surface area contributed by atoms with Crippen LogP contribution in [0.15, 0.2) is 48.8 Å². The van der Waals surface area contributed by atoms with Gasteiger partial charge in [0.15, 0.2) is 11.5 Å². The highest BCUT2D eigenvalue weighted by molar-refractivity contribution is 5.89. The van der Waals surface area contributed by atoms with E-state index in [9.17, 15) is 4.79 Å². The predicted molar refractivity (Wildman–Crippen MR) is 108 cm³/mol. The monoisotopic (exact) mass is 393 g/mol. The standard InChI is InChI=1S/C21H23N5O3/c27-21(23-16-4-5-18-19(13-16)29-12-11-28-18)25-9-7-24(8-10-25)14-17-15-26-6-2-1-3-20(26)22-17/h1-6,13,15H,7-12,14H2,(H,23,27). The van der Waals surface area contributed by atoms with Crippen molar-refractivity contribution in [3.63, 3.8) is 0 Å². The molecule has 1 saturated heterocycles. The zero-order valence-electron chi connectivity index (χ0n) is 16.1. The van der Waals surface area contributed by atoms with Crippen molar-refractivity contribution in [2.75, 3.05) is 44.7 Å². The van der Waals surface area contributed by atoms with E-state index in [2.05, 4.69) is 21.4 Å². The summed E-state index contributed by atoms with van der Waals surface area (Å²) in [5.41, 5.74) is 2.72. The molecule has 1 N–H and O–H groups in total. The first-order valence-electron chi connectivity index (χ1n) is 9.85. The number of piperazine rings is 1. The zero-order chi connectivity index (χ0) is 19.6. The molecule has 29 heavy (non-hydrogen) atoms. The fourth-order valence-corrected chi connectivity index (χ4v) is 3.73. The third-order valence-corrected chi connectivity index (χ3v) is 5.25. The number of amides is 2. The molecule has 0 radical (unpaired) electrons. The maximum atomic E-state index is 12.6. The van der Waals surface area contributed by atoms with Crippen molar-refractivity contribution >= 4 is 17.4 Å². The van der Waals surface area contributed by atoms with Crippen LogP contribution in [0.5, 0.6) is 11.5 Å². The van der Waals surface area contributed by atoms with Crippen LogP contribution in [0.3, 0.4) is 0 Å². The number of imidazole rings is 1. The number of ether oxygens (including phenoxy) is 2. The molecule has 2 amide bonds. The summed E-state index contributed by atoms with van der Waals surface area (Å²) < 4.78 is 13.1. The molecule has 0 bridgehead atoms. The van der Waals surface area contributed by atoms with Gasteiger partial charge in [-0.05, 0) is 24.3 Å². The second-order valence-electron chi connectivity index (χ2n) is 7.25. The summed E-state index contributed by atoms with van der Waals surface area (Å²) in [7, 11) is 0. The number of hydrogen-bond donors (Lipinski definition) is 1. The number of fused-ring (bicyclic) bond motifs is 2. The smallest absolute Gasteiger partial charge is 0.321 e. The first-order chi connectivity index (χ1) is 14.2. The Hall–Kier alpha value is -3.26. The third-order valence-electron chi connectivity index (χ3n) is 5.25. The van der Waals surface area contributed by atoms with Crippen molar-refractivity contribution in [3.05, 3.63) is 54.5 Å². The lowest BCUT2D eigenvalue weighted by atomic mass is 10.2. The van der Waals surface area contributed by atoms with Crippen LogP contribution in [0, 0.1) is 0 Å². The van der Waals surface area contributed by atoms with Crippen LogP contribution < -0.4 is 14.8 Å². The van der Waals surface area contributed by atoms with Gasteiger partial charge in [-0.15, -0.1) is 0 Å². The molecular weight excluding hydrogens is 370 g/mol. The Labute approximate surface area is 168 Å². The number of carbonyl (C=O) groups is 1. The number of nitrogens with zero attached hydrogens (tertiary/aromatic N) is 4. The number of urea groups is 1. The van der Waals surface area contributed by atoms with Gasteiger partial charge in [-0.1, -0.05) is 6.07 Å². The van der Waals surface area contributed by atoms with Gasteiger partial charge >= 0.3 is 6.03 Å². The molecule has 2 aliphatic heterocycles. The predicted octanol–water partition coefficient (Wildman–Crippen LogP) is 2.46. The highest BCUT2D eigenvalue weighted by Gasteiger charge is 2.22. The largest absolute Gasteiger partial charge is 0.486 e. The molecule has 8 nitrogen and oxygen atoms in total. The van der Waals surface area contributed by atoms with E-state index < -0.39 is 0 Å². The molecule has 2 aromatic heterocycles. The maximum absolute atomic E-state index is 12.6. The second kappa shape index (κ2) is 7.63. The highest BCUT2D eigenvalue weighted by Crippen LogP contribution is 2.32. The number of aromatic nitrogens is 2. The van der Waals surface area contributed by atoms with Gasteiger partial charge in [0.2, 0.25) is 0 Å². The fraction of sp³-hybridized carbons (Fsp3) is 0.333. The molecular formula is C21H23N5O3. The van der Waals surface area contributed by atoms with Crippen LogP contribution in [0.1, 0.15) is 5.69 Å². The van der Waals surface area contributed by atoms with Gasteiger partial charge in [0.05, 0.1) is 5.69 Å². The van der Waals surface area contributed by atoms with Gasteiger partial charge in [-0.2, -0.15) is 0 Å². The molecule has 3 aromatic rings. The molecule has 0 unspecified atom stereocenters. The number of carbonyl (C=O) groups excluding carboxylic acids is 1. The molecule has 5 rings (SSSR count). The van der Waals surface area contributed by atoms with E-state index in [4.69, 9.17) is 9.47 Å². The van der Waals surface area contributed by atoms with Crippen molar-refractivity contribution in [2.24, 2.45) is 0 Å². The minimum Gasteiger partial charge on any atom is -0.486 e. The minimum atomic E-state index is -0.0888. The van der Waals surface area contributed by atoms with E-state index in [1.165, 1.54) is 0 Å². The molecule has 1 fully saturated rings. The summed E-state index contributed by atoms with van der Waals surface area (Å²) in [6.45, 7) is 4.88. The first kappa shape index (κ1) is 17.8. The lowest BCUT2D eigenvalue weighted by molar-refractivity contribution is 0.142. The lowest BCUT2D eigenvalue weighted by Gasteiger charge is -2.34. The molecule has 4 heterocycles. The summed E-state index contributed by atoms with van der Waals surface area (Å²) in [6.07, 6.45) is 4.07. The normalized spacial score (nSPS) is 16.8. The first-order valence-corrected chi connectivity index (χ1v) is 9.85. The van der Waals surface area contributed by atoms with E-state index in [1.807, 2.05) is 51.9 Å². The summed E-state index contributed by atoms with van der Waals surface area (Å²) in [6, 6.07) is 11.4. The SMILES string of the molecule is O=C(Nc1ccc2c(c1)OCCO2)N1CCN(Cc2cn3ccccc3n2)CC1. The number of benzene rings is 1. The molecule has 0 spiro atoms. The van der Waals surface area contributed by atoms with E-state index in [-0.39, 0.29) is 6.03 Å². The van der Waals surface area contributed by atoms with Crippen LogP contribution in [-0.4, -0.2) is 64.6 Å². The quantitative estimate of drug-likeness (QED) is 0.740. The van der Waals surface area contributed by atoms with Gasteiger partial charge in [-0.25, -0.2) is 9.78 Å². The molecule has 8 heteroatoms. The van der Waals surface area contributed by atoms with Gasteiger partial charge in [0, 0.05) is 56.9 Å². The zero-order valence-corrected chi connectivity index (χ0v) is 16.1. The molecule has 1 aromatic carbocycles. The summed E-state index contributed by atoms with van der Waals surface area (Å²) in [4.78, 5) is 21.5. The fourth-order valence-electron chi connectivity index (χ4n) is 3.73. The van der Waals surface area contributed by atoms with Crippen LogP contribution in [0.2, 0.25) is 0 Å². The summed E-state index contributed by atoms with van der Waals surface area (Å²) in [5.74, 6) is 1.39. The Morgan fingerprint density at radius 1 is 1.03 bits per heavy atom. The van der Waals surface area contributed by atoms with Crippen LogP contribution in [0.25, 0.3) is 5.65 Å². The van der Waals surface area contributed by atoms with Gasteiger partial charge in [-0.3, -0.25) is 4.90 Å². The Kier molecular flexibility index (Phi) is 4.69. The highest BCUT2D eigenvalue weighted by atomic mass is 16.6. The van der Waals surface area contributed by atoms with Crippen LogP contribution in [0.4, 0.5) is 10.5 Å². The Balaban J connectivity index is 1.15. The summed E-state index contributed by atoms with van der Waals surface area (Å²) in [5, 5.41) is 2.96. The summed E-state index contributed by atoms with van der Waals surface area (Å²) >= 11 is 0. The number of pyridine rings is 1. The average Bonchev–Trinajstić information content (AvgIpc) is 3.16. The maximum Gasteiger partial charge on any atom is 0.321 e. The number of hydrogen-bond acceptors (Lipinski definition) is 5. The van der Waals surface area contributed by atoms with E-state index >= 15 is 0 Å². The Bertz CT molecular complexity index is 993. The molecule has 0 atom stereocenters.